The van der Waals surface area contributed by atoms with Gasteiger partial charge in [0, 0.05) is 25.4 Å². The van der Waals surface area contributed by atoms with Crippen LogP contribution in [0.15, 0.2) is 21.8 Å². The van der Waals surface area contributed by atoms with Gasteiger partial charge >= 0.3 is 6.18 Å². The van der Waals surface area contributed by atoms with E-state index in [-0.39, 0.29) is 11.9 Å². The van der Waals surface area contributed by atoms with E-state index in [1.165, 1.54) is 0 Å². The predicted octanol–water partition coefficient (Wildman–Crippen LogP) is 2.48. The summed E-state index contributed by atoms with van der Waals surface area (Å²) in [5.41, 5.74) is -1.13. The Balaban J connectivity index is 2.11. The van der Waals surface area contributed by atoms with Gasteiger partial charge in [0.2, 0.25) is 5.62 Å². The van der Waals surface area contributed by atoms with E-state index in [1.54, 1.807) is 17.9 Å². The molecule has 0 aliphatic carbocycles. The van der Waals surface area contributed by atoms with Crippen molar-refractivity contribution in [2.45, 2.75) is 32.0 Å². The predicted molar refractivity (Wildman–Crippen MR) is 78.6 cm³/mol. The topological polar surface area (TPSA) is 83.3 Å². The maximum Gasteiger partial charge on any atom is 0.433 e. The number of aryl methyl sites for hydroxylation is 1. The molecule has 128 valence electrons. The third kappa shape index (κ3) is 2.79. The van der Waals surface area contributed by atoms with Crippen LogP contribution in [0, 0.1) is 12.3 Å². The van der Waals surface area contributed by atoms with Crippen molar-refractivity contribution in [3.8, 4) is 0 Å². The Hall–Kier alpha value is -2.65. The summed E-state index contributed by atoms with van der Waals surface area (Å²) in [6, 6.07) is 2.39. The summed E-state index contributed by atoms with van der Waals surface area (Å²) in [4.78, 5) is 4.98. The standard InChI is InChI=1S/C14H15F3N6O/c1-8-6-9(21-24-8)10-4-3-5-22(10)12-7-11(14(15,16)17)20-13(18)23(12)19-2/h6-7,10,18H,2-5H2,1H3. The molecule has 1 aliphatic heterocycles. The van der Waals surface area contributed by atoms with Gasteiger partial charge in [-0.1, -0.05) is 5.16 Å². The van der Waals surface area contributed by atoms with Crippen LogP contribution in [0.25, 0.3) is 0 Å². The molecule has 0 amide bonds. The molecule has 2 aromatic heterocycles. The molecule has 1 saturated heterocycles. The van der Waals surface area contributed by atoms with Gasteiger partial charge in [-0.2, -0.15) is 22.9 Å². The molecule has 0 bridgehead atoms. The second-order valence-electron chi connectivity index (χ2n) is 5.49. The first-order chi connectivity index (χ1) is 11.3. The van der Waals surface area contributed by atoms with E-state index in [0.717, 1.165) is 17.2 Å². The lowest BCUT2D eigenvalue weighted by Crippen LogP contribution is -2.33. The van der Waals surface area contributed by atoms with Crippen LogP contribution >= 0.6 is 0 Å². The number of nitrogens with zero attached hydrogens (tertiary/aromatic N) is 5. The lowest BCUT2D eigenvalue weighted by Gasteiger charge is -2.27. The van der Waals surface area contributed by atoms with Gasteiger partial charge in [-0.15, -0.1) is 0 Å². The van der Waals surface area contributed by atoms with Crippen LogP contribution in [0.2, 0.25) is 0 Å². The minimum absolute atomic E-state index is 0.112. The molecule has 24 heavy (non-hydrogen) atoms. The quantitative estimate of drug-likeness (QED) is 0.870. The fourth-order valence-electron chi connectivity index (χ4n) is 2.87. The van der Waals surface area contributed by atoms with Gasteiger partial charge in [-0.05, 0) is 19.8 Å². The molecular weight excluding hydrogens is 325 g/mol. The van der Waals surface area contributed by atoms with Gasteiger partial charge in [-0.25, -0.2) is 4.98 Å². The number of hydrogen-bond donors (Lipinski definition) is 1. The first kappa shape index (κ1) is 16.2. The van der Waals surface area contributed by atoms with Crippen molar-refractivity contribution in [2.75, 3.05) is 11.4 Å². The van der Waals surface area contributed by atoms with Gasteiger partial charge in [-0.3, -0.25) is 5.41 Å². The Bertz CT molecular complexity index is 825. The number of halogens is 3. The summed E-state index contributed by atoms with van der Waals surface area (Å²) in [7, 11) is 0. The highest BCUT2D eigenvalue weighted by molar-refractivity contribution is 5.46. The number of nitrogens with one attached hydrogen (secondary N) is 1. The zero-order valence-corrected chi connectivity index (χ0v) is 12.8. The molecule has 0 spiro atoms. The van der Waals surface area contributed by atoms with Gasteiger partial charge in [0.05, 0.1) is 6.04 Å². The van der Waals surface area contributed by atoms with E-state index in [0.29, 0.717) is 24.4 Å². The molecule has 0 aromatic carbocycles. The van der Waals surface area contributed by atoms with Gasteiger partial charge in [0.1, 0.15) is 17.3 Å². The summed E-state index contributed by atoms with van der Waals surface area (Å²) < 4.78 is 45.2. The van der Waals surface area contributed by atoms with Crippen molar-refractivity contribution < 1.29 is 17.7 Å². The number of hydrogen-bond acceptors (Lipinski definition) is 6. The molecule has 1 N–H and O–H groups in total. The fourth-order valence-corrected chi connectivity index (χ4v) is 2.87. The summed E-state index contributed by atoms with van der Waals surface area (Å²) in [6.07, 6.45) is -3.17. The Morgan fingerprint density at radius 2 is 2.17 bits per heavy atom. The van der Waals surface area contributed by atoms with Crippen molar-refractivity contribution in [2.24, 2.45) is 5.10 Å². The second kappa shape index (κ2) is 5.77. The zero-order chi connectivity index (χ0) is 17.5. The summed E-state index contributed by atoms with van der Waals surface area (Å²) in [6.45, 7) is 5.58. The maximum atomic E-state index is 13.0. The molecule has 0 saturated carbocycles. The van der Waals surface area contributed by atoms with E-state index < -0.39 is 17.5 Å². The third-order valence-corrected chi connectivity index (χ3v) is 3.88. The number of aromatic nitrogens is 3. The van der Waals surface area contributed by atoms with Crippen molar-refractivity contribution >= 4 is 12.5 Å². The molecule has 1 fully saturated rings. The van der Waals surface area contributed by atoms with E-state index in [1.807, 2.05) is 0 Å². The summed E-state index contributed by atoms with van der Waals surface area (Å²) >= 11 is 0. The average molecular weight is 340 g/mol. The maximum absolute atomic E-state index is 13.0. The molecule has 7 nitrogen and oxygen atoms in total. The first-order valence-corrected chi connectivity index (χ1v) is 7.24. The van der Waals surface area contributed by atoms with Crippen LogP contribution in [0.4, 0.5) is 19.0 Å². The molecule has 1 atom stereocenters. The highest BCUT2D eigenvalue weighted by atomic mass is 19.4. The van der Waals surface area contributed by atoms with Gasteiger partial charge in [0.15, 0.2) is 5.69 Å². The van der Waals surface area contributed by atoms with Crippen LogP contribution in [-0.2, 0) is 6.18 Å². The fraction of sp³-hybridized carbons (Fsp3) is 0.429. The summed E-state index contributed by atoms with van der Waals surface area (Å²) in [5, 5.41) is 15.3. The zero-order valence-electron chi connectivity index (χ0n) is 12.8. The summed E-state index contributed by atoms with van der Waals surface area (Å²) in [5.74, 6) is 0.735. The Kier molecular flexibility index (Phi) is 3.90. The Morgan fingerprint density at radius 1 is 1.42 bits per heavy atom. The van der Waals surface area contributed by atoms with Crippen LogP contribution in [-0.4, -0.2) is 28.1 Å². The molecule has 10 heteroatoms. The van der Waals surface area contributed by atoms with E-state index in [4.69, 9.17) is 9.93 Å². The van der Waals surface area contributed by atoms with Crippen molar-refractivity contribution in [1.82, 2.24) is 14.8 Å². The third-order valence-electron chi connectivity index (χ3n) is 3.88. The largest absolute Gasteiger partial charge is 0.433 e. The van der Waals surface area contributed by atoms with Gasteiger partial charge in [0.25, 0.3) is 0 Å². The highest BCUT2D eigenvalue weighted by Gasteiger charge is 2.36. The first-order valence-electron chi connectivity index (χ1n) is 7.24. The van der Waals surface area contributed by atoms with Crippen molar-refractivity contribution in [1.29, 1.82) is 5.41 Å². The van der Waals surface area contributed by atoms with Crippen molar-refractivity contribution in [3.63, 3.8) is 0 Å². The monoisotopic (exact) mass is 340 g/mol. The minimum atomic E-state index is -4.65. The number of alkyl halides is 3. The number of anilines is 1. The normalized spacial score (nSPS) is 18.2. The molecule has 0 radical (unpaired) electrons. The molecule has 3 heterocycles. The van der Waals surface area contributed by atoms with Crippen LogP contribution in [0.5, 0.6) is 0 Å². The molecule has 1 unspecified atom stereocenters. The van der Waals surface area contributed by atoms with Crippen molar-refractivity contribution in [3.05, 3.63) is 34.9 Å². The van der Waals surface area contributed by atoms with E-state index in [2.05, 4.69) is 22.0 Å². The molecule has 2 aromatic rings. The van der Waals surface area contributed by atoms with E-state index >= 15 is 0 Å². The molecule has 1 aliphatic rings. The average Bonchev–Trinajstić information content (AvgIpc) is 3.13. The van der Waals surface area contributed by atoms with Crippen LogP contribution < -0.4 is 10.5 Å². The van der Waals surface area contributed by atoms with Crippen LogP contribution in [0.1, 0.15) is 36.0 Å². The van der Waals surface area contributed by atoms with Gasteiger partial charge < -0.3 is 9.42 Å². The highest BCUT2D eigenvalue weighted by Crippen LogP contribution is 2.37. The lowest BCUT2D eigenvalue weighted by molar-refractivity contribution is -0.141. The lowest BCUT2D eigenvalue weighted by atomic mass is 10.1. The number of rotatable bonds is 3. The van der Waals surface area contributed by atoms with Crippen LogP contribution in [0.3, 0.4) is 0 Å². The smallest absolute Gasteiger partial charge is 0.361 e. The molecule has 3 rings (SSSR count). The molecular formula is C14H15F3N6O. The Labute approximate surface area is 134 Å². The second-order valence-corrected chi connectivity index (χ2v) is 5.49. The van der Waals surface area contributed by atoms with E-state index in [9.17, 15) is 13.2 Å². The SMILES string of the molecule is C=Nn1c(N2CCCC2c2cc(C)on2)cc(C(F)(F)F)nc1=N. The Morgan fingerprint density at radius 3 is 2.75 bits per heavy atom. The minimum Gasteiger partial charge on any atom is -0.361 e.